The molecule has 0 heterocycles. The summed E-state index contributed by atoms with van der Waals surface area (Å²) < 4.78 is 18.5. The van der Waals surface area contributed by atoms with Gasteiger partial charge in [0.2, 0.25) is 0 Å². The van der Waals surface area contributed by atoms with E-state index in [1.165, 1.54) is 18.7 Å². The highest BCUT2D eigenvalue weighted by Gasteiger charge is 2.03. The summed E-state index contributed by atoms with van der Waals surface area (Å²) in [7, 11) is 1.46. The quantitative estimate of drug-likeness (QED) is 0.754. The number of hydrogen-bond donors (Lipinski definition) is 1. The minimum atomic E-state index is -0.340. The van der Waals surface area contributed by atoms with Gasteiger partial charge in [0, 0.05) is 18.1 Å². The lowest BCUT2D eigenvalue weighted by molar-refractivity contribution is 0.386. The third-order valence-electron chi connectivity index (χ3n) is 3.24. The Morgan fingerprint density at radius 1 is 1.14 bits per heavy atom. The van der Waals surface area contributed by atoms with Crippen molar-refractivity contribution in [3.63, 3.8) is 0 Å². The summed E-state index contributed by atoms with van der Waals surface area (Å²) >= 11 is 5.71. The molecule has 0 saturated heterocycles. The normalized spacial score (nSPS) is 10.4. The van der Waals surface area contributed by atoms with E-state index in [0.717, 1.165) is 24.1 Å². The second-order valence-corrected chi connectivity index (χ2v) is 5.19. The molecule has 0 aliphatic heterocycles. The highest BCUT2D eigenvalue weighted by Crippen LogP contribution is 2.19. The predicted octanol–water partition coefficient (Wildman–Crippen LogP) is 4.62. The lowest BCUT2D eigenvalue weighted by Gasteiger charge is -2.09. The first-order valence-electron chi connectivity index (χ1n) is 6.94. The van der Waals surface area contributed by atoms with E-state index in [4.69, 9.17) is 16.3 Å². The zero-order valence-corrected chi connectivity index (χ0v) is 12.8. The van der Waals surface area contributed by atoms with E-state index in [9.17, 15) is 4.39 Å². The van der Waals surface area contributed by atoms with Crippen LogP contribution >= 0.6 is 11.6 Å². The summed E-state index contributed by atoms with van der Waals surface area (Å²) in [6.07, 6.45) is 1.94. The fourth-order valence-electron chi connectivity index (χ4n) is 2.13. The average Bonchev–Trinajstić information content (AvgIpc) is 2.51. The number of alkyl halides is 1. The summed E-state index contributed by atoms with van der Waals surface area (Å²) in [5, 5.41) is 3.30. The lowest BCUT2D eigenvalue weighted by atomic mass is 10.1. The van der Waals surface area contributed by atoms with Crippen LogP contribution < -0.4 is 10.1 Å². The van der Waals surface area contributed by atoms with Crippen LogP contribution in [0.5, 0.6) is 5.75 Å². The SMILES string of the molecule is COc1ccc(CNc2cccc(CCCCl)c2)cc1F. The first kappa shape index (κ1) is 15.6. The molecule has 21 heavy (non-hydrogen) atoms. The monoisotopic (exact) mass is 307 g/mol. The number of aryl methyl sites for hydroxylation is 1. The van der Waals surface area contributed by atoms with Crippen LogP contribution in [0.15, 0.2) is 42.5 Å². The number of nitrogens with one attached hydrogen (secondary N) is 1. The van der Waals surface area contributed by atoms with Crippen molar-refractivity contribution in [3.05, 3.63) is 59.4 Å². The number of methoxy groups -OCH3 is 1. The number of rotatable bonds is 7. The van der Waals surface area contributed by atoms with Gasteiger partial charge in [0.05, 0.1) is 7.11 Å². The average molecular weight is 308 g/mol. The summed E-state index contributed by atoms with van der Waals surface area (Å²) in [6.45, 7) is 0.569. The maximum atomic E-state index is 13.6. The standard InChI is InChI=1S/C17H19ClFNO/c1-21-17-8-7-14(11-16(17)19)12-20-15-6-2-4-13(10-15)5-3-9-18/h2,4,6-8,10-11,20H,3,5,9,12H2,1H3. The highest BCUT2D eigenvalue weighted by molar-refractivity contribution is 6.17. The number of hydrogen-bond acceptors (Lipinski definition) is 2. The third kappa shape index (κ3) is 4.64. The Kier molecular flexibility index (Phi) is 5.88. The molecule has 0 unspecified atom stereocenters. The van der Waals surface area contributed by atoms with Gasteiger partial charge in [-0.15, -0.1) is 11.6 Å². The molecule has 4 heteroatoms. The summed E-state index contributed by atoms with van der Waals surface area (Å²) in [6, 6.07) is 13.2. The number of halogens is 2. The molecule has 0 amide bonds. The molecule has 0 radical (unpaired) electrons. The first-order valence-corrected chi connectivity index (χ1v) is 7.47. The number of anilines is 1. The molecule has 1 N–H and O–H groups in total. The van der Waals surface area contributed by atoms with Gasteiger partial charge in [-0.05, 0) is 48.2 Å². The van der Waals surface area contributed by atoms with E-state index in [-0.39, 0.29) is 11.6 Å². The third-order valence-corrected chi connectivity index (χ3v) is 3.51. The Morgan fingerprint density at radius 3 is 2.71 bits per heavy atom. The molecule has 0 spiro atoms. The van der Waals surface area contributed by atoms with E-state index in [0.29, 0.717) is 12.4 Å². The van der Waals surface area contributed by atoms with Crippen molar-refractivity contribution in [2.45, 2.75) is 19.4 Å². The van der Waals surface area contributed by atoms with E-state index in [1.807, 2.05) is 18.2 Å². The Bertz CT molecular complexity index is 589. The van der Waals surface area contributed by atoms with Crippen LogP contribution in [0.4, 0.5) is 10.1 Å². The van der Waals surface area contributed by atoms with Crippen LogP contribution in [0.2, 0.25) is 0 Å². The van der Waals surface area contributed by atoms with Crippen molar-refractivity contribution in [1.29, 1.82) is 0 Å². The molecule has 0 atom stereocenters. The van der Waals surface area contributed by atoms with Gasteiger partial charge < -0.3 is 10.1 Å². The molecule has 0 bridgehead atoms. The molecule has 112 valence electrons. The Morgan fingerprint density at radius 2 is 2.00 bits per heavy atom. The molecule has 2 aromatic rings. The summed E-state index contributed by atoms with van der Waals surface area (Å²) in [4.78, 5) is 0. The molecule has 2 aromatic carbocycles. The Balaban J connectivity index is 1.97. The molecule has 0 saturated carbocycles. The smallest absolute Gasteiger partial charge is 0.165 e. The van der Waals surface area contributed by atoms with Crippen LogP contribution in [0.25, 0.3) is 0 Å². The Labute approximate surface area is 129 Å². The van der Waals surface area contributed by atoms with Crippen molar-refractivity contribution in [2.75, 3.05) is 18.3 Å². The van der Waals surface area contributed by atoms with E-state index in [1.54, 1.807) is 6.07 Å². The second kappa shape index (κ2) is 7.89. The fraction of sp³-hybridized carbons (Fsp3) is 0.294. The molecule has 0 aromatic heterocycles. The van der Waals surface area contributed by atoms with Gasteiger partial charge in [-0.2, -0.15) is 0 Å². The zero-order valence-electron chi connectivity index (χ0n) is 12.0. The molecule has 2 rings (SSSR count). The van der Waals surface area contributed by atoms with Crippen molar-refractivity contribution in [2.24, 2.45) is 0 Å². The lowest BCUT2D eigenvalue weighted by Crippen LogP contribution is -2.01. The van der Waals surface area contributed by atoms with Crippen LogP contribution in [0.1, 0.15) is 17.5 Å². The number of benzene rings is 2. The molecule has 0 fully saturated rings. The van der Waals surface area contributed by atoms with Crippen molar-refractivity contribution >= 4 is 17.3 Å². The minimum absolute atomic E-state index is 0.266. The van der Waals surface area contributed by atoms with Crippen LogP contribution in [0, 0.1) is 5.82 Å². The maximum Gasteiger partial charge on any atom is 0.165 e. The molecular formula is C17H19ClFNO. The topological polar surface area (TPSA) is 21.3 Å². The largest absolute Gasteiger partial charge is 0.494 e. The second-order valence-electron chi connectivity index (χ2n) is 4.82. The number of ether oxygens (including phenoxy) is 1. The molecule has 0 aliphatic carbocycles. The van der Waals surface area contributed by atoms with Crippen LogP contribution in [0.3, 0.4) is 0 Å². The van der Waals surface area contributed by atoms with E-state index in [2.05, 4.69) is 17.4 Å². The van der Waals surface area contributed by atoms with Gasteiger partial charge in [0.1, 0.15) is 0 Å². The molecule has 0 aliphatic rings. The van der Waals surface area contributed by atoms with Crippen molar-refractivity contribution < 1.29 is 9.13 Å². The van der Waals surface area contributed by atoms with E-state index < -0.39 is 0 Å². The molecular weight excluding hydrogens is 289 g/mol. The highest BCUT2D eigenvalue weighted by atomic mass is 35.5. The summed E-state index contributed by atoms with van der Waals surface area (Å²) in [5.41, 5.74) is 3.15. The van der Waals surface area contributed by atoms with Crippen LogP contribution in [-0.2, 0) is 13.0 Å². The van der Waals surface area contributed by atoms with E-state index >= 15 is 0 Å². The maximum absolute atomic E-state index is 13.6. The zero-order chi connectivity index (χ0) is 15.1. The van der Waals surface area contributed by atoms with Gasteiger partial charge >= 0.3 is 0 Å². The van der Waals surface area contributed by atoms with Crippen LogP contribution in [-0.4, -0.2) is 13.0 Å². The molecule has 2 nitrogen and oxygen atoms in total. The van der Waals surface area contributed by atoms with Gasteiger partial charge in [0.25, 0.3) is 0 Å². The van der Waals surface area contributed by atoms with Gasteiger partial charge in [-0.1, -0.05) is 18.2 Å². The van der Waals surface area contributed by atoms with Crippen molar-refractivity contribution in [1.82, 2.24) is 0 Å². The van der Waals surface area contributed by atoms with Gasteiger partial charge in [0.15, 0.2) is 11.6 Å². The van der Waals surface area contributed by atoms with Gasteiger partial charge in [-0.25, -0.2) is 4.39 Å². The predicted molar refractivity (Wildman–Crippen MR) is 85.8 cm³/mol. The van der Waals surface area contributed by atoms with Crippen molar-refractivity contribution in [3.8, 4) is 5.75 Å². The van der Waals surface area contributed by atoms with Gasteiger partial charge in [-0.3, -0.25) is 0 Å². The fourth-order valence-corrected chi connectivity index (χ4v) is 2.27. The Hall–Kier alpha value is -1.74. The summed E-state index contributed by atoms with van der Waals surface area (Å²) in [5.74, 6) is 0.595. The first-order chi connectivity index (χ1) is 10.2. The minimum Gasteiger partial charge on any atom is -0.494 e.